The van der Waals surface area contributed by atoms with E-state index in [-0.39, 0.29) is 5.57 Å². The van der Waals surface area contributed by atoms with E-state index in [1.165, 1.54) is 6.08 Å². The predicted octanol–water partition coefficient (Wildman–Crippen LogP) is 8.11. The maximum atomic E-state index is 12.9. The average Bonchev–Trinajstić information content (AvgIpc) is 2.91. The van der Waals surface area contributed by atoms with Gasteiger partial charge in [-0.3, -0.25) is 4.79 Å². The summed E-state index contributed by atoms with van der Waals surface area (Å²) in [5.41, 5.74) is 4.27. The number of benzene rings is 4. The van der Waals surface area contributed by atoms with Crippen molar-refractivity contribution in [3.05, 3.63) is 128 Å². The quantitative estimate of drug-likeness (QED) is 0.159. The van der Waals surface area contributed by atoms with E-state index < -0.39 is 5.91 Å². The molecule has 0 aliphatic rings. The number of anilines is 1. The highest BCUT2D eigenvalue weighted by Gasteiger charge is 2.12. The summed E-state index contributed by atoms with van der Waals surface area (Å²) in [6.07, 6.45) is 1.52. The molecule has 0 saturated heterocycles. The highest BCUT2D eigenvalue weighted by atomic mass is 79.9. The van der Waals surface area contributed by atoms with Crippen LogP contribution >= 0.6 is 27.5 Å². The lowest BCUT2D eigenvalue weighted by Gasteiger charge is -2.11. The van der Waals surface area contributed by atoms with Crippen molar-refractivity contribution >= 4 is 45.2 Å². The van der Waals surface area contributed by atoms with E-state index in [2.05, 4.69) is 27.3 Å². The molecule has 1 amide bonds. The lowest BCUT2D eigenvalue weighted by Crippen LogP contribution is -2.13. The van der Waals surface area contributed by atoms with Gasteiger partial charge in [0, 0.05) is 20.7 Å². The number of ether oxygens (including phenoxy) is 2. The molecule has 38 heavy (non-hydrogen) atoms. The van der Waals surface area contributed by atoms with E-state index in [0.29, 0.717) is 41.0 Å². The van der Waals surface area contributed by atoms with E-state index in [1.54, 1.807) is 30.3 Å². The van der Waals surface area contributed by atoms with Gasteiger partial charge in [-0.1, -0.05) is 69.5 Å². The predicted molar refractivity (Wildman–Crippen MR) is 154 cm³/mol. The molecule has 4 rings (SSSR count). The van der Waals surface area contributed by atoms with Gasteiger partial charge in [0.1, 0.15) is 36.4 Å². The third-order valence-corrected chi connectivity index (χ3v) is 6.29. The minimum Gasteiger partial charge on any atom is -0.489 e. The van der Waals surface area contributed by atoms with Crippen LogP contribution in [0, 0.1) is 18.3 Å². The summed E-state index contributed by atoms with van der Waals surface area (Å²) in [5.74, 6) is 0.697. The smallest absolute Gasteiger partial charge is 0.266 e. The van der Waals surface area contributed by atoms with Crippen LogP contribution in [0.1, 0.15) is 22.3 Å². The van der Waals surface area contributed by atoms with E-state index in [0.717, 1.165) is 21.2 Å². The van der Waals surface area contributed by atoms with E-state index in [9.17, 15) is 10.1 Å². The number of halogens is 2. The zero-order valence-corrected chi connectivity index (χ0v) is 22.9. The van der Waals surface area contributed by atoms with Crippen molar-refractivity contribution in [1.82, 2.24) is 0 Å². The number of nitrogens with one attached hydrogen (secondary N) is 1. The largest absolute Gasteiger partial charge is 0.489 e. The first kappa shape index (κ1) is 27.0. The van der Waals surface area contributed by atoms with Gasteiger partial charge in [-0.05, 0) is 78.7 Å². The molecule has 0 fully saturated rings. The Bertz CT molecular complexity index is 1490. The normalized spacial score (nSPS) is 10.9. The van der Waals surface area contributed by atoms with Crippen LogP contribution in [0.4, 0.5) is 5.69 Å². The van der Waals surface area contributed by atoms with Gasteiger partial charge in [-0.25, -0.2) is 0 Å². The first-order valence-electron chi connectivity index (χ1n) is 11.8. The molecule has 0 radical (unpaired) electrons. The lowest BCUT2D eigenvalue weighted by atomic mass is 10.1. The number of carbonyl (C=O) groups is 1. The molecule has 0 unspecified atom stereocenters. The first-order valence-corrected chi connectivity index (χ1v) is 12.9. The molecule has 0 aliphatic heterocycles. The summed E-state index contributed by atoms with van der Waals surface area (Å²) in [4.78, 5) is 12.9. The van der Waals surface area contributed by atoms with Gasteiger partial charge in [0.05, 0.1) is 0 Å². The summed E-state index contributed by atoms with van der Waals surface area (Å²) < 4.78 is 12.6. The molecular weight excluding hydrogens is 564 g/mol. The zero-order valence-electron chi connectivity index (χ0n) is 20.6. The molecule has 0 heterocycles. The molecular formula is C31H24BrClN2O3. The number of nitrogens with zero attached hydrogens (tertiary/aromatic N) is 1. The second-order valence-electron chi connectivity index (χ2n) is 8.52. The number of hydrogen-bond acceptors (Lipinski definition) is 4. The van der Waals surface area contributed by atoms with Gasteiger partial charge in [-0.15, -0.1) is 0 Å². The summed E-state index contributed by atoms with van der Waals surface area (Å²) in [7, 11) is 0. The Morgan fingerprint density at radius 1 is 0.947 bits per heavy atom. The maximum Gasteiger partial charge on any atom is 0.266 e. The summed E-state index contributed by atoms with van der Waals surface area (Å²) >= 11 is 9.37. The molecule has 0 atom stereocenters. The van der Waals surface area contributed by atoms with Crippen molar-refractivity contribution in [2.75, 3.05) is 5.32 Å². The van der Waals surface area contributed by atoms with Crippen molar-refractivity contribution in [3.8, 4) is 17.6 Å². The lowest BCUT2D eigenvalue weighted by molar-refractivity contribution is -0.112. The fourth-order valence-electron chi connectivity index (χ4n) is 3.61. The second-order valence-corrected chi connectivity index (χ2v) is 9.88. The molecule has 0 saturated carbocycles. The molecule has 0 aromatic heterocycles. The fraction of sp³-hybridized carbons (Fsp3) is 0.0968. The van der Waals surface area contributed by atoms with Gasteiger partial charge in [0.15, 0.2) is 0 Å². The number of aryl methyl sites for hydroxylation is 1. The zero-order chi connectivity index (χ0) is 26.9. The number of hydrogen-bond donors (Lipinski definition) is 1. The molecule has 4 aromatic carbocycles. The van der Waals surface area contributed by atoms with E-state index in [1.807, 2.05) is 67.6 Å². The molecule has 5 nitrogen and oxygen atoms in total. The Kier molecular flexibility index (Phi) is 9.21. The van der Waals surface area contributed by atoms with Gasteiger partial charge < -0.3 is 14.8 Å². The summed E-state index contributed by atoms with van der Waals surface area (Å²) in [6, 6.07) is 29.9. The van der Waals surface area contributed by atoms with Crippen LogP contribution in [0.3, 0.4) is 0 Å². The van der Waals surface area contributed by atoms with Crippen molar-refractivity contribution in [2.45, 2.75) is 20.1 Å². The Balaban J connectivity index is 1.42. The van der Waals surface area contributed by atoms with Crippen molar-refractivity contribution < 1.29 is 14.3 Å². The standard InChI is InChI=1S/C31H24BrClN2O3/c1-21-3-2-4-23(15-21)20-38-30-14-7-26(32)17-24(30)16-25(18-34)31(36)35-28-10-12-29(13-11-28)37-19-22-5-8-27(33)9-6-22/h2-17H,19-20H2,1H3,(H,35,36)/b25-16+. The number of nitriles is 1. The number of carbonyl (C=O) groups excluding carboxylic acids is 1. The van der Waals surface area contributed by atoms with Crippen molar-refractivity contribution in [3.63, 3.8) is 0 Å². The molecule has 7 heteroatoms. The maximum absolute atomic E-state index is 12.9. The van der Waals surface area contributed by atoms with Gasteiger partial charge >= 0.3 is 0 Å². The fourth-order valence-corrected chi connectivity index (χ4v) is 4.12. The monoisotopic (exact) mass is 586 g/mol. The average molecular weight is 588 g/mol. The molecule has 0 spiro atoms. The first-order chi connectivity index (χ1) is 18.4. The molecule has 0 aliphatic carbocycles. The highest BCUT2D eigenvalue weighted by Crippen LogP contribution is 2.27. The Morgan fingerprint density at radius 3 is 2.39 bits per heavy atom. The van der Waals surface area contributed by atoms with Gasteiger partial charge in [0.25, 0.3) is 5.91 Å². The number of amides is 1. The third kappa shape index (κ3) is 7.72. The highest BCUT2D eigenvalue weighted by molar-refractivity contribution is 9.10. The summed E-state index contributed by atoms with van der Waals surface area (Å²) in [5, 5.41) is 13.2. The van der Waals surface area contributed by atoms with Gasteiger partial charge in [-0.2, -0.15) is 5.26 Å². The van der Waals surface area contributed by atoms with Crippen LogP contribution in [0.25, 0.3) is 6.08 Å². The Hall–Kier alpha value is -4.05. The topological polar surface area (TPSA) is 71.3 Å². The summed E-state index contributed by atoms with van der Waals surface area (Å²) in [6.45, 7) is 2.78. The van der Waals surface area contributed by atoms with Crippen molar-refractivity contribution in [1.29, 1.82) is 5.26 Å². The van der Waals surface area contributed by atoms with Gasteiger partial charge in [0.2, 0.25) is 0 Å². The molecule has 190 valence electrons. The molecule has 1 N–H and O–H groups in total. The SMILES string of the molecule is Cc1cccc(COc2ccc(Br)cc2/C=C(\C#N)C(=O)Nc2ccc(OCc3ccc(Cl)cc3)cc2)c1. The Labute approximate surface area is 235 Å². The van der Waals surface area contributed by atoms with Crippen LogP contribution in [0.2, 0.25) is 5.02 Å². The molecule has 4 aromatic rings. The minimum atomic E-state index is -0.521. The van der Waals surface area contributed by atoms with Crippen LogP contribution in [0.15, 0.2) is 101 Å². The van der Waals surface area contributed by atoms with Crippen LogP contribution in [0.5, 0.6) is 11.5 Å². The third-order valence-electron chi connectivity index (χ3n) is 5.54. The van der Waals surface area contributed by atoms with Crippen LogP contribution in [-0.2, 0) is 18.0 Å². The number of rotatable bonds is 9. The van der Waals surface area contributed by atoms with Crippen molar-refractivity contribution in [2.24, 2.45) is 0 Å². The van der Waals surface area contributed by atoms with E-state index in [4.69, 9.17) is 21.1 Å². The van der Waals surface area contributed by atoms with Crippen LogP contribution < -0.4 is 14.8 Å². The molecule has 0 bridgehead atoms. The minimum absolute atomic E-state index is 0.0495. The van der Waals surface area contributed by atoms with Crippen LogP contribution in [-0.4, -0.2) is 5.91 Å². The second kappa shape index (κ2) is 13.0. The van der Waals surface area contributed by atoms with E-state index >= 15 is 0 Å². The Morgan fingerprint density at radius 2 is 1.68 bits per heavy atom.